The van der Waals surface area contributed by atoms with Gasteiger partial charge >= 0.3 is 0 Å². The van der Waals surface area contributed by atoms with Gasteiger partial charge in [-0.25, -0.2) is 0 Å². The highest BCUT2D eigenvalue weighted by Crippen LogP contribution is 2.11. The standard InChI is InChI=1S/C15H32O2S/c1-2-3-4-5-6-7-8-9-10-11-12-14-18(17)15-13-16/h16H,2-15H2,1H3. The molecule has 0 fully saturated rings. The van der Waals surface area contributed by atoms with Crippen LogP contribution >= 0.6 is 0 Å². The maximum absolute atomic E-state index is 11.3. The van der Waals surface area contributed by atoms with Gasteiger partial charge in [0.25, 0.3) is 0 Å². The van der Waals surface area contributed by atoms with Crippen molar-refractivity contribution in [1.29, 1.82) is 0 Å². The molecule has 0 spiro atoms. The van der Waals surface area contributed by atoms with Gasteiger partial charge in [0, 0.05) is 0 Å². The summed E-state index contributed by atoms with van der Waals surface area (Å²) in [7, 11) is 0. The maximum Gasteiger partial charge on any atom is 0.128 e. The molecule has 3 heteroatoms. The van der Waals surface area contributed by atoms with E-state index in [1.54, 1.807) is 0 Å². The van der Waals surface area contributed by atoms with Crippen LogP contribution in [0.1, 0.15) is 77.6 Å². The summed E-state index contributed by atoms with van der Waals surface area (Å²) in [4.78, 5) is 0. The minimum absolute atomic E-state index is 0.0602. The van der Waals surface area contributed by atoms with E-state index in [9.17, 15) is 4.55 Å². The van der Waals surface area contributed by atoms with Gasteiger partial charge in [-0.2, -0.15) is 0 Å². The van der Waals surface area contributed by atoms with Gasteiger partial charge in [-0.3, -0.25) is 0 Å². The molecule has 0 aromatic heterocycles. The Morgan fingerprint density at radius 3 is 1.61 bits per heavy atom. The minimum Gasteiger partial charge on any atom is -0.616 e. The highest BCUT2D eigenvalue weighted by molar-refractivity contribution is 7.91. The van der Waals surface area contributed by atoms with Gasteiger partial charge in [-0.05, 0) is 12.8 Å². The molecule has 0 radical (unpaired) electrons. The van der Waals surface area contributed by atoms with Crippen molar-refractivity contribution in [1.82, 2.24) is 0 Å². The van der Waals surface area contributed by atoms with Crippen molar-refractivity contribution in [2.24, 2.45) is 0 Å². The maximum atomic E-state index is 11.3. The van der Waals surface area contributed by atoms with E-state index in [1.807, 2.05) is 0 Å². The molecule has 1 N–H and O–H groups in total. The van der Waals surface area contributed by atoms with Crippen molar-refractivity contribution in [2.75, 3.05) is 18.1 Å². The lowest BCUT2D eigenvalue weighted by atomic mass is 10.1. The Bertz CT molecular complexity index is 153. The SMILES string of the molecule is CCCCCCCCCCCCC[S+]([O-])CCO. The first-order valence-electron chi connectivity index (χ1n) is 7.77. The van der Waals surface area contributed by atoms with E-state index in [0.29, 0.717) is 5.75 Å². The molecule has 0 aliphatic carbocycles. The fourth-order valence-electron chi connectivity index (χ4n) is 2.13. The fraction of sp³-hybridized carbons (Fsp3) is 1.00. The van der Waals surface area contributed by atoms with Gasteiger partial charge in [0.05, 0.1) is 6.61 Å². The van der Waals surface area contributed by atoms with Crippen LogP contribution in [0.2, 0.25) is 0 Å². The van der Waals surface area contributed by atoms with E-state index >= 15 is 0 Å². The van der Waals surface area contributed by atoms with Gasteiger partial charge in [-0.15, -0.1) is 0 Å². The Labute approximate surface area is 117 Å². The van der Waals surface area contributed by atoms with Crippen LogP contribution in [0.5, 0.6) is 0 Å². The van der Waals surface area contributed by atoms with Crippen molar-refractivity contribution in [3.8, 4) is 0 Å². The number of unbranched alkanes of at least 4 members (excludes halogenated alkanes) is 10. The second kappa shape index (κ2) is 15.3. The molecule has 0 heterocycles. The predicted octanol–water partition coefficient (Wildman–Crippen LogP) is 4.04. The quantitative estimate of drug-likeness (QED) is 0.384. The number of rotatable bonds is 14. The number of aliphatic hydroxyl groups is 1. The molecule has 110 valence electrons. The Morgan fingerprint density at radius 2 is 1.17 bits per heavy atom. The number of hydrogen-bond donors (Lipinski definition) is 1. The zero-order valence-electron chi connectivity index (χ0n) is 12.2. The zero-order chi connectivity index (χ0) is 13.5. The first-order chi connectivity index (χ1) is 8.81. The Kier molecular flexibility index (Phi) is 15.6. The molecule has 2 nitrogen and oxygen atoms in total. The lowest BCUT2D eigenvalue weighted by Crippen LogP contribution is -2.13. The van der Waals surface area contributed by atoms with Crippen molar-refractivity contribution in [3.63, 3.8) is 0 Å². The minimum atomic E-state index is -0.784. The van der Waals surface area contributed by atoms with Crippen molar-refractivity contribution < 1.29 is 9.66 Å². The summed E-state index contributed by atoms with van der Waals surface area (Å²) < 4.78 is 11.3. The van der Waals surface area contributed by atoms with Gasteiger partial charge in [0.2, 0.25) is 0 Å². The molecule has 0 saturated carbocycles. The molecule has 0 aromatic rings. The van der Waals surface area contributed by atoms with Gasteiger partial charge in [0.1, 0.15) is 11.5 Å². The van der Waals surface area contributed by atoms with E-state index < -0.39 is 11.2 Å². The summed E-state index contributed by atoms with van der Waals surface area (Å²) in [6.45, 7) is 2.32. The third-order valence-electron chi connectivity index (χ3n) is 3.29. The zero-order valence-corrected chi connectivity index (χ0v) is 13.0. The smallest absolute Gasteiger partial charge is 0.128 e. The van der Waals surface area contributed by atoms with Crippen molar-refractivity contribution in [3.05, 3.63) is 0 Å². The van der Waals surface area contributed by atoms with E-state index in [2.05, 4.69) is 6.92 Å². The van der Waals surface area contributed by atoms with Crippen LogP contribution in [0, 0.1) is 0 Å². The van der Waals surface area contributed by atoms with Gasteiger partial charge in [-0.1, -0.05) is 75.9 Å². The molecule has 1 unspecified atom stereocenters. The van der Waals surface area contributed by atoms with Crippen molar-refractivity contribution in [2.45, 2.75) is 77.6 Å². The average Bonchev–Trinajstić information content (AvgIpc) is 2.36. The topological polar surface area (TPSA) is 43.3 Å². The Hall–Kier alpha value is 0.270. The Balaban J connectivity index is 2.98. The molecule has 0 rings (SSSR count). The van der Waals surface area contributed by atoms with Crippen LogP contribution in [0.4, 0.5) is 0 Å². The summed E-state index contributed by atoms with van der Waals surface area (Å²) in [5, 5.41) is 8.62. The second-order valence-corrected chi connectivity index (χ2v) is 6.80. The highest BCUT2D eigenvalue weighted by Gasteiger charge is 2.03. The van der Waals surface area contributed by atoms with Crippen molar-refractivity contribution >= 4 is 11.2 Å². The first-order valence-corrected chi connectivity index (χ1v) is 9.26. The largest absolute Gasteiger partial charge is 0.616 e. The summed E-state index contributed by atoms with van der Waals surface area (Å²) in [5.41, 5.74) is 0. The molecule has 0 aromatic carbocycles. The van der Waals surface area contributed by atoms with Crippen LogP contribution in [0.25, 0.3) is 0 Å². The van der Waals surface area contributed by atoms with Crippen LogP contribution < -0.4 is 0 Å². The predicted molar refractivity (Wildman–Crippen MR) is 81.4 cm³/mol. The summed E-state index contributed by atoms with van der Waals surface area (Å²) in [6, 6.07) is 0. The third-order valence-corrected chi connectivity index (χ3v) is 4.68. The fourth-order valence-corrected chi connectivity index (χ4v) is 3.07. The normalized spacial score (nSPS) is 12.8. The first kappa shape index (κ1) is 18.3. The van der Waals surface area contributed by atoms with Crippen LogP contribution in [0.15, 0.2) is 0 Å². The van der Waals surface area contributed by atoms with Crippen LogP contribution in [-0.2, 0) is 11.2 Å². The van der Waals surface area contributed by atoms with Crippen LogP contribution in [-0.4, -0.2) is 27.8 Å². The van der Waals surface area contributed by atoms with E-state index in [-0.39, 0.29) is 6.61 Å². The Morgan fingerprint density at radius 1 is 0.722 bits per heavy atom. The third kappa shape index (κ3) is 14.3. The lowest BCUT2D eigenvalue weighted by molar-refractivity contribution is 0.319. The monoisotopic (exact) mass is 276 g/mol. The van der Waals surface area contributed by atoms with Gasteiger partial charge in [0.15, 0.2) is 0 Å². The van der Waals surface area contributed by atoms with E-state index in [1.165, 1.54) is 64.2 Å². The molecule has 0 bridgehead atoms. The molecule has 18 heavy (non-hydrogen) atoms. The molecule has 0 amide bonds. The summed E-state index contributed by atoms with van der Waals surface area (Å²) >= 11 is -0.784. The number of aliphatic hydroxyl groups excluding tert-OH is 1. The van der Waals surface area contributed by atoms with E-state index in [4.69, 9.17) is 5.11 Å². The second-order valence-electron chi connectivity index (χ2n) is 5.11. The average molecular weight is 276 g/mol. The summed E-state index contributed by atoms with van der Waals surface area (Å²) in [6.07, 6.45) is 14.6. The molecular formula is C15H32O2S. The van der Waals surface area contributed by atoms with E-state index in [0.717, 1.165) is 12.2 Å². The summed E-state index contributed by atoms with van der Waals surface area (Å²) in [5.74, 6) is 1.23. The number of hydrogen-bond acceptors (Lipinski definition) is 2. The van der Waals surface area contributed by atoms with Gasteiger partial charge < -0.3 is 9.66 Å². The lowest BCUT2D eigenvalue weighted by Gasteiger charge is -2.08. The molecule has 0 aliphatic rings. The van der Waals surface area contributed by atoms with Crippen LogP contribution in [0.3, 0.4) is 0 Å². The molecule has 0 aliphatic heterocycles. The molecule has 1 atom stereocenters. The molecule has 0 saturated heterocycles. The molecular weight excluding hydrogens is 244 g/mol. The highest BCUT2D eigenvalue weighted by atomic mass is 32.2.